The number of aliphatic hydroxyl groups is 1. The van der Waals surface area contributed by atoms with Crippen molar-refractivity contribution in [3.05, 3.63) is 89.0 Å². The molecule has 6 heteroatoms. The molecule has 0 bridgehead atoms. The van der Waals surface area contributed by atoms with Crippen molar-refractivity contribution in [2.75, 3.05) is 25.6 Å². The lowest BCUT2D eigenvalue weighted by atomic mass is 9.90. The Morgan fingerprint density at radius 1 is 1.09 bits per heavy atom. The molecular weight excluding hydrogens is 432 g/mol. The Hall–Kier alpha value is -3.09. The predicted molar refractivity (Wildman–Crippen MR) is 136 cm³/mol. The molecule has 0 amide bonds. The van der Waals surface area contributed by atoms with Crippen molar-refractivity contribution >= 4 is 23.0 Å². The van der Waals surface area contributed by atoms with Crippen LogP contribution < -0.4 is 14.8 Å². The van der Waals surface area contributed by atoms with Crippen LogP contribution in [0.2, 0.25) is 0 Å². The predicted octanol–water partition coefficient (Wildman–Crippen LogP) is 5.26. The van der Waals surface area contributed by atoms with Crippen LogP contribution >= 0.6 is 12.2 Å². The zero-order valence-electron chi connectivity index (χ0n) is 19.1. The van der Waals surface area contributed by atoms with Crippen LogP contribution in [0.5, 0.6) is 11.5 Å². The molecule has 1 aliphatic rings. The number of nitrogens with one attached hydrogen (secondary N) is 1. The third kappa shape index (κ3) is 5.46. The molecule has 0 aromatic heterocycles. The van der Waals surface area contributed by atoms with Crippen molar-refractivity contribution in [2.45, 2.75) is 32.4 Å². The smallest absolute Gasteiger partial charge is 0.173 e. The Bertz CT molecular complexity index is 1090. The molecule has 0 fully saturated rings. The van der Waals surface area contributed by atoms with E-state index in [-0.39, 0.29) is 12.6 Å². The molecule has 33 heavy (non-hydrogen) atoms. The van der Waals surface area contributed by atoms with Crippen LogP contribution in [-0.4, -0.2) is 35.4 Å². The number of ether oxygens (including phenoxy) is 2. The summed E-state index contributed by atoms with van der Waals surface area (Å²) in [4.78, 5) is 2.16. The maximum absolute atomic E-state index is 9.81. The SMILES string of the molecule is COc1cc2c(cc1OCc1ccccc1)CCN(C(=S)Nc1ccc(C)cc1)C2CCO. The second kappa shape index (κ2) is 10.7. The number of aryl methyl sites for hydroxylation is 1. The van der Waals surface area contributed by atoms with E-state index in [0.29, 0.717) is 23.9 Å². The number of aliphatic hydroxyl groups excluding tert-OH is 1. The van der Waals surface area contributed by atoms with E-state index in [1.807, 2.05) is 48.5 Å². The van der Waals surface area contributed by atoms with Gasteiger partial charge < -0.3 is 24.8 Å². The van der Waals surface area contributed by atoms with Gasteiger partial charge >= 0.3 is 0 Å². The van der Waals surface area contributed by atoms with Crippen LogP contribution in [0.4, 0.5) is 5.69 Å². The van der Waals surface area contributed by atoms with Gasteiger partial charge in [0.25, 0.3) is 0 Å². The molecule has 1 unspecified atom stereocenters. The van der Waals surface area contributed by atoms with Crippen molar-refractivity contribution in [1.82, 2.24) is 4.90 Å². The number of hydrogen-bond donors (Lipinski definition) is 2. The average Bonchev–Trinajstić information content (AvgIpc) is 2.84. The molecule has 0 radical (unpaired) electrons. The molecule has 0 saturated carbocycles. The van der Waals surface area contributed by atoms with Gasteiger partial charge in [0.05, 0.1) is 13.2 Å². The van der Waals surface area contributed by atoms with E-state index >= 15 is 0 Å². The van der Waals surface area contributed by atoms with Gasteiger partial charge in [0.1, 0.15) is 6.61 Å². The first kappa shape index (κ1) is 23.1. The largest absolute Gasteiger partial charge is 0.493 e. The van der Waals surface area contributed by atoms with E-state index in [9.17, 15) is 5.11 Å². The zero-order valence-corrected chi connectivity index (χ0v) is 19.9. The molecule has 1 heterocycles. The third-order valence-electron chi connectivity index (χ3n) is 5.99. The number of methoxy groups -OCH3 is 1. The number of benzene rings is 3. The summed E-state index contributed by atoms with van der Waals surface area (Å²) in [6, 6.07) is 22.3. The minimum Gasteiger partial charge on any atom is -0.493 e. The number of anilines is 1. The van der Waals surface area contributed by atoms with Crippen molar-refractivity contribution in [1.29, 1.82) is 0 Å². The van der Waals surface area contributed by atoms with Crippen LogP contribution in [-0.2, 0) is 13.0 Å². The minimum atomic E-state index is -0.0405. The number of fused-ring (bicyclic) bond motifs is 1. The second-order valence-electron chi connectivity index (χ2n) is 8.24. The highest BCUT2D eigenvalue weighted by Crippen LogP contribution is 2.40. The summed E-state index contributed by atoms with van der Waals surface area (Å²) in [6.45, 7) is 3.38. The van der Waals surface area contributed by atoms with Crippen molar-refractivity contribution in [2.24, 2.45) is 0 Å². The van der Waals surface area contributed by atoms with Gasteiger partial charge in [-0.2, -0.15) is 0 Å². The third-order valence-corrected chi connectivity index (χ3v) is 6.32. The molecule has 0 spiro atoms. The quantitative estimate of drug-likeness (QED) is 0.467. The molecule has 2 N–H and O–H groups in total. The zero-order chi connectivity index (χ0) is 23.2. The second-order valence-corrected chi connectivity index (χ2v) is 8.63. The number of nitrogens with zero attached hydrogens (tertiary/aromatic N) is 1. The van der Waals surface area contributed by atoms with Gasteiger partial charge in [0.2, 0.25) is 0 Å². The highest BCUT2D eigenvalue weighted by Gasteiger charge is 2.30. The van der Waals surface area contributed by atoms with Gasteiger partial charge in [-0.25, -0.2) is 0 Å². The number of rotatable bonds is 7. The van der Waals surface area contributed by atoms with Crippen LogP contribution in [0.1, 0.15) is 34.7 Å². The molecule has 1 aliphatic heterocycles. The van der Waals surface area contributed by atoms with Crippen molar-refractivity contribution in [3.63, 3.8) is 0 Å². The van der Waals surface area contributed by atoms with Crippen LogP contribution in [0.15, 0.2) is 66.7 Å². The van der Waals surface area contributed by atoms with Gasteiger partial charge in [-0.1, -0.05) is 48.0 Å². The standard InChI is InChI=1S/C27H30N2O3S/c1-19-8-10-22(11-9-19)28-27(33)29-14-12-21-16-26(32-18-20-6-4-3-5-7-20)25(31-2)17-23(21)24(29)13-15-30/h3-11,16-17,24,30H,12-15,18H2,1-2H3,(H,28,33). The summed E-state index contributed by atoms with van der Waals surface area (Å²) in [7, 11) is 1.66. The van der Waals surface area contributed by atoms with Gasteiger partial charge in [-0.15, -0.1) is 0 Å². The van der Waals surface area contributed by atoms with E-state index < -0.39 is 0 Å². The molecule has 3 aromatic carbocycles. The Morgan fingerprint density at radius 2 is 1.85 bits per heavy atom. The Kier molecular flexibility index (Phi) is 7.47. The molecule has 172 valence electrons. The minimum absolute atomic E-state index is 0.0405. The first-order chi connectivity index (χ1) is 16.1. The Balaban J connectivity index is 1.56. The number of thiocarbonyl (C=S) groups is 1. The maximum Gasteiger partial charge on any atom is 0.173 e. The van der Waals surface area contributed by atoms with Crippen LogP contribution in [0, 0.1) is 6.92 Å². The highest BCUT2D eigenvalue weighted by atomic mass is 32.1. The lowest BCUT2D eigenvalue weighted by molar-refractivity contribution is 0.213. The van der Waals surface area contributed by atoms with Gasteiger partial charge in [-0.3, -0.25) is 0 Å². The first-order valence-corrected chi connectivity index (χ1v) is 11.6. The highest BCUT2D eigenvalue weighted by molar-refractivity contribution is 7.80. The van der Waals surface area contributed by atoms with Crippen molar-refractivity contribution in [3.8, 4) is 11.5 Å². The van der Waals surface area contributed by atoms with E-state index in [1.165, 1.54) is 11.1 Å². The fraction of sp³-hybridized carbons (Fsp3) is 0.296. The molecule has 0 aliphatic carbocycles. The fourth-order valence-electron chi connectivity index (χ4n) is 4.23. The lowest BCUT2D eigenvalue weighted by Gasteiger charge is -2.39. The fourth-order valence-corrected chi connectivity index (χ4v) is 4.56. The summed E-state index contributed by atoms with van der Waals surface area (Å²) in [5, 5.41) is 13.8. The van der Waals surface area contributed by atoms with E-state index in [4.69, 9.17) is 21.7 Å². The van der Waals surface area contributed by atoms with Gasteiger partial charge in [-0.05, 0) is 72.9 Å². The summed E-state index contributed by atoms with van der Waals surface area (Å²) < 4.78 is 11.8. The monoisotopic (exact) mass is 462 g/mol. The van der Waals surface area contributed by atoms with Gasteiger partial charge in [0, 0.05) is 18.8 Å². The van der Waals surface area contributed by atoms with E-state index in [0.717, 1.165) is 35.5 Å². The summed E-state index contributed by atoms with van der Waals surface area (Å²) in [5.74, 6) is 1.42. The molecule has 1 atom stereocenters. The normalized spacial score (nSPS) is 15.0. The van der Waals surface area contributed by atoms with E-state index in [2.05, 4.69) is 35.3 Å². The summed E-state index contributed by atoms with van der Waals surface area (Å²) >= 11 is 5.77. The van der Waals surface area contributed by atoms with Crippen molar-refractivity contribution < 1.29 is 14.6 Å². The Labute approximate surface area is 201 Å². The Morgan fingerprint density at radius 3 is 2.55 bits per heavy atom. The maximum atomic E-state index is 9.81. The van der Waals surface area contributed by atoms with Crippen LogP contribution in [0.25, 0.3) is 0 Å². The van der Waals surface area contributed by atoms with Gasteiger partial charge in [0.15, 0.2) is 16.6 Å². The number of hydrogen-bond acceptors (Lipinski definition) is 4. The summed E-state index contributed by atoms with van der Waals surface area (Å²) in [5.41, 5.74) is 5.59. The lowest BCUT2D eigenvalue weighted by Crippen LogP contribution is -2.42. The van der Waals surface area contributed by atoms with Crippen LogP contribution in [0.3, 0.4) is 0 Å². The molecule has 3 aromatic rings. The molecule has 5 nitrogen and oxygen atoms in total. The first-order valence-electron chi connectivity index (χ1n) is 11.2. The molecular formula is C27H30N2O3S. The average molecular weight is 463 g/mol. The molecule has 4 rings (SSSR count). The van der Waals surface area contributed by atoms with E-state index in [1.54, 1.807) is 7.11 Å². The topological polar surface area (TPSA) is 54.0 Å². The summed E-state index contributed by atoms with van der Waals surface area (Å²) in [6.07, 6.45) is 1.41. The molecule has 0 saturated heterocycles.